The first-order chi connectivity index (χ1) is 9.97. The average Bonchev–Trinajstić information content (AvgIpc) is 2.44. The van der Waals surface area contributed by atoms with Crippen molar-refractivity contribution in [2.24, 2.45) is 0 Å². The number of halogens is 1. The van der Waals surface area contributed by atoms with E-state index in [1.54, 1.807) is 6.07 Å². The Labute approximate surface area is 119 Å². The van der Waals surface area contributed by atoms with Gasteiger partial charge in [-0.3, -0.25) is 14.9 Å². The highest BCUT2D eigenvalue weighted by Gasteiger charge is 2.20. The molecule has 108 valence electrons. The number of benzene rings is 2. The smallest absolute Gasteiger partial charge is 0.282 e. The van der Waals surface area contributed by atoms with Gasteiger partial charge in [-0.05, 0) is 29.8 Å². The predicted octanol–water partition coefficient (Wildman–Crippen LogP) is 2.25. The van der Waals surface area contributed by atoms with Crippen LogP contribution < -0.4 is 11.1 Å². The minimum absolute atomic E-state index is 0.0581. The van der Waals surface area contributed by atoms with Crippen molar-refractivity contribution in [1.29, 1.82) is 0 Å². The number of nitrogens with two attached hydrogens (primary N) is 1. The number of nitro benzene ring substituents is 1. The fourth-order valence-electron chi connectivity index (χ4n) is 1.82. The summed E-state index contributed by atoms with van der Waals surface area (Å²) in [5.74, 6) is -1.06. The molecular weight excluding hydrogens is 277 g/mol. The number of carbonyl (C=O) groups excluding carboxylic acids is 1. The normalized spacial score (nSPS) is 10.1. The van der Waals surface area contributed by atoms with Gasteiger partial charge >= 0.3 is 0 Å². The molecule has 3 N–H and O–H groups in total. The van der Waals surface area contributed by atoms with Crippen molar-refractivity contribution in [1.82, 2.24) is 5.32 Å². The fourth-order valence-corrected chi connectivity index (χ4v) is 1.82. The van der Waals surface area contributed by atoms with Gasteiger partial charge < -0.3 is 11.1 Å². The van der Waals surface area contributed by atoms with Crippen molar-refractivity contribution in [3.8, 4) is 0 Å². The van der Waals surface area contributed by atoms with Crippen LogP contribution in [-0.4, -0.2) is 10.8 Å². The fraction of sp³-hybridized carbons (Fsp3) is 0.0714. The van der Waals surface area contributed by atoms with Crippen LogP contribution in [0.25, 0.3) is 0 Å². The van der Waals surface area contributed by atoms with Crippen molar-refractivity contribution in [3.63, 3.8) is 0 Å². The average molecular weight is 289 g/mol. The number of hydrogen-bond donors (Lipinski definition) is 2. The summed E-state index contributed by atoms with van der Waals surface area (Å²) in [5.41, 5.74) is 5.88. The zero-order valence-electron chi connectivity index (χ0n) is 10.9. The van der Waals surface area contributed by atoms with Gasteiger partial charge in [-0.25, -0.2) is 4.39 Å². The largest absolute Gasteiger partial charge is 0.399 e. The van der Waals surface area contributed by atoms with E-state index in [9.17, 15) is 19.3 Å². The maximum absolute atomic E-state index is 13.0. The van der Waals surface area contributed by atoms with Crippen LogP contribution in [0.1, 0.15) is 15.9 Å². The first-order valence-electron chi connectivity index (χ1n) is 6.04. The molecule has 6 nitrogen and oxygen atoms in total. The lowest BCUT2D eigenvalue weighted by Crippen LogP contribution is -2.23. The van der Waals surface area contributed by atoms with Crippen LogP contribution in [-0.2, 0) is 6.54 Å². The Kier molecular flexibility index (Phi) is 4.13. The van der Waals surface area contributed by atoms with Crippen LogP contribution in [0.5, 0.6) is 0 Å². The molecule has 1 amide bonds. The number of anilines is 1. The van der Waals surface area contributed by atoms with Gasteiger partial charge in [0.05, 0.1) is 4.92 Å². The zero-order valence-corrected chi connectivity index (χ0v) is 10.9. The zero-order chi connectivity index (χ0) is 15.4. The quantitative estimate of drug-likeness (QED) is 0.512. The third-order valence-electron chi connectivity index (χ3n) is 2.80. The van der Waals surface area contributed by atoms with Crippen LogP contribution in [0.4, 0.5) is 15.8 Å². The van der Waals surface area contributed by atoms with Crippen LogP contribution in [0.2, 0.25) is 0 Å². The number of carbonyl (C=O) groups is 1. The molecule has 21 heavy (non-hydrogen) atoms. The molecule has 0 unspecified atom stereocenters. The van der Waals surface area contributed by atoms with E-state index in [1.165, 1.54) is 36.4 Å². The third-order valence-corrected chi connectivity index (χ3v) is 2.80. The predicted molar refractivity (Wildman–Crippen MR) is 75.1 cm³/mol. The Morgan fingerprint density at radius 1 is 1.29 bits per heavy atom. The monoisotopic (exact) mass is 289 g/mol. The van der Waals surface area contributed by atoms with Gasteiger partial charge in [0, 0.05) is 18.3 Å². The van der Waals surface area contributed by atoms with Crippen LogP contribution in [0.3, 0.4) is 0 Å². The third kappa shape index (κ3) is 3.53. The molecule has 2 aromatic rings. The topological polar surface area (TPSA) is 98.3 Å². The highest BCUT2D eigenvalue weighted by molar-refractivity contribution is 5.99. The summed E-state index contributed by atoms with van der Waals surface area (Å²) in [6.07, 6.45) is 0. The Morgan fingerprint density at radius 3 is 2.71 bits per heavy atom. The lowest BCUT2D eigenvalue weighted by atomic mass is 10.1. The summed E-state index contributed by atoms with van der Waals surface area (Å²) < 4.78 is 13.0. The second kappa shape index (κ2) is 6.00. The summed E-state index contributed by atoms with van der Waals surface area (Å²) in [5, 5.41) is 13.4. The lowest BCUT2D eigenvalue weighted by molar-refractivity contribution is -0.385. The Morgan fingerprint density at radius 2 is 2.05 bits per heavy atom. The van der Waals surface area contributed by atoms with Gasteiger partial charge in [-0.15, -0.1) is 0 Å². The van der Waals surface area contributed by atoms with E-state index in [2.05, 4.69) is 5.32 Å². The maximum Gasteiger partial charge on any atom is 0.282 e. The summed E-state index contributed by atoms with van der Waals surface area (Å²) in [7, 11) is 0. The van der Waals surface area contributed by atoms with Gasteiger partial charge in [0.1, 0.15) is 11.4 Å². The van der Waals surface area contributed by atoms with E-state index in [0.29, 0.717) is 5.56 Å². The number of nitrogens with one attached hydrogen (secondary N) is 1. The summed E-state index contributed by atoms with van der Waals surface area (Å²) in [6, 6.07) is 9.46. The van der Waals surface area contributed by atoms with E-state index in [-0.39, 0.29) is 23.5 Å². The van der Waals surface area contributed by atoms with Crippen molar-refractivity contribution in [2.45, 2.75) is 6.54 Å². The molecule has 0 aromatic heterocycles. The van der Waals surface area contributed by atoms with Gasteiger partial charge in [0.25, 0.3) is 11.6 Å². The summed E-state index contributed by atoms with van der Waals surface area (Å²) in [4.78, 5) is 22.3. The molecule has 0 radical (unpaired) electrons. The summed E-state index contributed by atoms with van der Waals surface area (Å²) in [6.45, 7) is 0.0581. The van der Waals surface area contributed by atoms with Gasteiger partial charge in [0.15, 0.2) is 0 Å². The van der Waals surface area contributed by atoms with Gasteiger partial charge in [-0.2, -0.15) is 0 Å². The van der Waals surface area contributed by atoms with Gasteiger partial charge in [-0.1, -0.05) is 12.1 Å². The molecule has 7 heteroatoms. The standard InChI is InChI=1S/C14H12FN3O3/c15-10-3-1-2-9(6-10)8-17-14(19)12-7-11(16)4-5-13(12)18(20)21/h1-7H,8,16H2,(H,17,19). The SMILES string of the molecule is Nc1ccc([N+](=O)[O-])c(C(=O)NCc2cccc(F)c2)c1. The van der Waals surface area contributed by atoms with E-state index < -0.39 is 16.6 Å². The first kappa shape index (κ1) is 14.4. The molecule has 0 atom stereocenters. The number of nitrogen functional groups attached to an aromatic ring is 1. The van der Waals surface area contributed by atoms with E-state index in [1.807, 2.05) is 0 Å². The van der Waals surface area contributed by atoms with Gasteiger partial charge in [0.2, 0.25) is 0 Å². The molecule has 0 bridgehead atoms. The van der Waals surface area contributed by atoms with Crippen LogP contribution in [0.15, 0.2) is 42.5 Å². The van der Waals surface area contributed by atoms with Crippen molar-refractivity contribution in [2.75, 3.05) is 5.73 Å². The second-order valence-electron chi connectivity index (χ2n) is 4.35. The highest BCUT2D eigenvalue weighted by Crippen LogP contribution is 2.21. The number of amides is 1. The Hall–Kier alpha value is -2.96. The highest BCUT2D eigenvalue weighted by atomic mass is 19.1. The molecule has 0 saturated heterocycles. The molecule has 2 rings (SSSR count). The van der Waals surface area contributed by atoms with E-state index in [4.69, 9.17) is 5.73 Å². The number of hydrogen-bond acceptors (Lipinski definition) is 4. The molecule has 0 aliphatic heterocycles. The Bertz CT molecular complexity index is 704. The molecule has 0 saturated carbocycles. The molecule has 2 aromatic carbocycles. The molecule has 0 heterocycles. The number of nitrogens with zero attached hydrogens (tertiary/aromatic N) is 1. The second-order valence-corrected chi connectivity index (χ2v) is 4.35. The molecule has 0 aliphatic rings. The van der Waals surface area contributed by atoms with Crippen molar-refractivity contribution < 1.29 is 14.1 Å². The van der Waals surface area contributed by atoms with Crippen LogP contribution in [0, 0.1) is 15.9 Å². The molecule has 0 spiro atoms. The number of nitro groups is 1. The maximum atomic E-state index is 13.0. The minimum atomic E-state index is -0.656. The Balaban J connectivity index is 2.17. The molecular formula is C14H12FN3O3. The van der Waals surface area contributed by atoms with E-state index in [0.717, 1.165) is 0 Å². The lowest BCUT2D eigenvalue weighted by Gasteiger charge is -2.07. The minimum Gasteiger partial charge on any atom is -0.399 e. The van der Waals surface area contributed by atoms with Crippen LogP contribution >= 0.6 is 0 Å². The van der Waals surface area contributed by atoms with E-state index >= 15 is 0 Å². The van der Waals surface area contributed by atoms with Crippen molar-refractivity contribution in [3.05, 3.63) is 69.5 Å². The molecule has 0 fully saturated rings. The van der Waals surface area contributed by atoms with Crippen molar-refractivity contribution >= 4 is 17.3 Å². The first-order valence-corrected chi connectivity index (χ1v) is 6.04. The molecule has 0 aliphatic carbocycles. The number of rotatable bonds is 4. The summed E-state index contributed by atoms with van der Waals surface area (Å²) >= 11 is 0.